The normalized spacial score (nSPS) is 27.3. The number of ether oxygens (including phenoxy) is 1. The van der Waals surface area contributed by atoms with Gasteiger partial charge in [0, 0.05) is 6.61 Å². The van der Waals surface area contributed by atoms with Gasteiger partial charge in [0.1, 0.15) is 0 Å². The van der Waals surface area contributed by atoms with Crippen LogP contribution in [-0.2, 0) is 9.53 Å². The zero-order chi connectivity index (χ0) is 11.5. The molecule has 1 saturated heterocycles. The van der Waals surface area contributed by atoms with E-state index in [1.165, 1.54) is 0 Å². The molecule has 0 aromatic heterocycles. The second-order valence-corrected chi connectivity index (χ2v) is 4.69. The van der Waals surface area contributed by atoms with Gasteiger partial charge in [0.2, 0.25) is 5.91 Å². The van der Waals surface area contributed by atoms with E-state index >= 15 is 0 Å². The van der Waals surface area contributed by atoms with Gasteiger partial charge in [-0.3, -0.25) is 4.79 Å². The van der Waals surface area contributed by atoms with Crippen LogP contribution in [0.1, 0.15) is 26.7 Å². The minimum atomic E-state index is -0.363. The highest BCUT2D eigenvalue weighted by atomic mass is 32.1. The van der Waals surface area contributed by atoms with E-state index in [9.17, 15) is 4.79 Å². The molecule has 0 saturated carbocycles. The molecule has 15 heavy (non-hydrogen) atoms. The van der Waals surface area contributed by atoms with E-state index in [0.717, 1.165) is 6.42 Å². The molecule has 2 atom stereocenters. The number of hydrogen-bond donors (Lipinski definition) is 2. The van der Waals surface area contributed by atoms with Crippen molar-refractivity contribution in [3.05, 3.63) is 0 Å². The van der Waals surface area contributed by atoms with Gasteiger partial charge in [0.15, 0.2) is 0 Å². The number of amides is 1. The number of carbonyl (C=O) groups excluding carboxylic acids is 1. The zero-order valence-corrected chi connectivity index (χ0v) is 10.0. The van der Waals surface area contributed by atoms with Crippen molar-refractivity contribution in [2.75, 3.05) is 13.2 Å². The molecular weight excluding hydrogens is 212 g/mol. The van der Waals surface area contributed by atoms with Crippen molar-refractivity contribution in [1.29, 1.82) is 0 Å². The summed E-state index contributed by atoms with van der Waals surface area (Å²) in [6.07, 6.45) is 1.48. The van der Waals surface area contributed by atoms with Crippen molar-refractivity contribution in [3.63, 3.8) is 0 Å². The molecule has 5 heteroatoms. The van der Waals surface area contributed by atoms with E-state index in [2.05, 4.69) is 5.32 Å². The highest BCUT2D eigenvalue weighted by Crippen LogP contribution is 2.18. The Kier molecular flexibility index (Phi) is 4.04. The maximum Gasteiger partial charge on any atom is 0.230 e. The van der Waals surface area contributed by atoms with Gasteiger partial charge in [0.25, 0.3) is 0 Å². The summed E-state index contributed by atoms with van der Waals surface area (Å²) >= 11 is 4.86. The molecule has 1 aliphatic rings. The van der Waals surface area contributed by atoms with Crippen LogP contribution in [0.15, 0.2) is 0 Å². The molecule has 0 aliphatic carbocycles. The Morgan fingerprint density at radius 1 is 1.73 bits per heavy atom. The summed E-state index contributed by atoms with van der Waals surface area (Å²) in [5.74, 6) is -0.449. The molecule has 0 aromatic rings. The Morgan fingerprint density at radius 3 is 2.80 bits per heavy atom. The van der Waals surface area contributed by atoms with Gasteiger partial charge >= 0.3 is 0 Å². The molecule has 1 heterocycles. The Hall–Kier alpha value is -0.680. The maximum atomic E-state index is 11.8. The molecule has 86 valence electrons. The number of hydrogen-bond acceptors (Lipinski definition) is 3. The molecule has 1 rings (SSSR count). The first-order valence-electron chi connectivity index (χ1n) is 5.17. The number of nitrogens with two attached hydrogens (primary N) is 1. The molecule has 3 N–H and O–H groups in total. The van der Waals surface area contributed by atoms with E-state index < -0.39 is 0 Å². The van der Waals surface area contributed by atoms with Gasteiger partial charge < -0.3 is 15.8 Å². The lowest BCUT2D eigenvalue weighted by Crippen LogP contribution is -2.50. The Balaban J connectivity index is 2.57. The van der Waals surface area contributed by atoms with Gasteiger partial charge in [0.05, 0.1) is 23.1 Å². The average Bonchev–Trinajstić information content (AvgIpc) is 2.51. The molecule has 0 radical (unpaired) electrons. The summed E-state index contributed by atoms with van der Waals surface area (Å²) in [6.45, 7) is 5.13. The molecule has 1 aliphatic heterocycles. The van der Waals surface area contributed by atoms with Crippen LogP contribution in [-0.4, -0.2) is 29.6 Å². The Bertz CT molecular complexity index is 262. The van der Waals surface area contributed by atoms with E-state index in [0.29, 0.717) is 19.6 Å². The topological polar surface area (TPSA) is 64.3 Å². The van der Waals surface area contributed by atoms with Crippen LogP contribution in [0, 0.1) is 5.92 Å². The largest absolute Gasteiger partial charge is 0.393 e. The van der Waals surface area contributed by atoms with Crippen LogP contribution in [0.2, 0.25) is 0 Å². The zero-order valence-electron chi connectivity index (χ0n) is 9.21. The lowest BCUT2D eigenvalue weighted by atomic mass is 9.98. The number of thiocarbonyl (C=S) groups is 1. The Labute approximate surface area is 95.5 Å². The van der Waals surface area contributed by atoms with Crippen LogP contribution in [0.3, 0.4) is 0 Å². The van der Waals surface area contributed by atoms with Crippen molar-refractivity contribution < 1.29 is 9.53 Å². The smallest absolute Gasteiger partial charge is 0.230 e. The van der Waals surface area contributed by atoms with Gasteiger partial charge in [-0.15, -0.1) is 0 Å². The predicted molar refractivity (Wildman–Crippen MR) is 62.6 cm³/mol. The van der Waals surface area contributed by atoms with Gasteiger partial charge in [-0.2, -0.15) is 0 Å². The second-order valence-electron chi connectivity index (χ2n) is 4.22. The van der Waals surface area contributed by atoms with Gasteiger partial charge in [-0.05, 0) is 19.8 Å². The first-order chi connectivity index (χ1) is 6.98. The lowest BCUT2D eigenvalue weighted by Gasteiger charge is -2.26. The summed E-state index contributed by atoms with van der Waals surface area (Å²) < 4.78 is 5.26. The molecule has 1 fully saturated rings. The Morgan fingerprint density at radius 2 is 2.40 bits per heavy atom. The number of nitrogens with one attached hydrogen (secondary N) is 1. The predicted octanol–water partition coefficient (Wildman–Crippen LogP) is 0.594. The van der Waals surface area contributed by atoms with Crippen LogP contribution < -0.4 is 11.1 Å². The van der Waals surface area contributed by atoms with Crippen molar-refractivity contribution in [2.45, 2.75) is 32.2 Å². The molecule has 0 aromatic carbocycles. The molecule has 0 spiro atoms. The summed E-state index contributed by atoms with van der Waals surface area (Å²) in [6, 6.07) is 0. The monoisotopic (exact) mass is 230 g/mol. The maximum absolute atomic E-state index is 11.8. The van der Waals surface area contributed by atoms with E-state index in [1.807, 2.05) is 13.8 Å². The van der Waals surface area contributed by atoms with Gasteiger partial charge in [-0.1, -0.05) is 19.1 Å². The molecule has 2 unspecified atom stereocenters. The number of rotatable bonds is 4. The first kappa shape index (κ1) is 12.4. The fourth-order valence-corrected chi connectivity index (χ4v) is 1.94. The summed E-state index contributed by atoms with van der Waals surface area (Å²) in [4.78, 5) is 12.1. The summed E-state index contributed by atoms with van der Waals surface area (Å²) in [5.41, 5.74) is 5.25. The number of carbonyl (C=O) groups is 1. The first-order valence-corrected chi connectivity index (χ1v) is 5.58. The molecular formula is C10H18N2O2S. The third-order valence-corrected chi connectivity index (χ3v) is 3.00. The average molecular weight is 230 g/mol. The third-order valence-electron chi connectivity index (χ3n) is 2.71. The summed E-state index contributed by atoms with van der Waals surface area (Å²) in [5, 5.41) is 2.96. The van der Waals surface area contributed by atoms with Crippen molar-refractivity contribution in [1.82, 2.24) is 5.32 Å². The molecule has 4 nitrogen and oxygen atoms in total. The lowest BCUT2D eigenvalue weighted by molar-refractivity contribution is -0.124. The van der Waals surface area contributed by atoms with Crippen LogP contribution in [0.25, 0.3) is 0 Å². The van der Waals surface area contributed by atoms with Crippen molar-refractivity contribution >= 4 is 23.1 Å². The van der Waals surface area contributed by atoms with Crippen LogP contribution >= 0.6 is 12.2 Å². The summed E-state index contributed by atoms with van der Waals surface area (Å²) in [7, 11) is 0. The highest BCUT2D eigenvalue weighted by Gasteiger charge is 2.33. The third kappa shape index (κ3) is 3.14. The minimum absolute atomic E-state index is 0.0852. The van der Waals surface area contributed by atoms with E-state index in [4.69, 9.17) is 22.7 Å². The minimum Gasteiger partial charge on any atom is -0.393 e. The molecule has 0 bridgehead atoms. The molecule has 1 amide bonds. The van der Waals surface area contributed by atoms with Crippen molar-refractivity contribution in [2.24, 2.45) is 11.7 Å². The quantitative estimate of drug-likeness (QED) is 0.694. The van der Waals surface area contributed by atoms with E-state index in [1.54, 1.807) is 0 Å². The fraction of sp³-hybridized carbons (Fsp3) is 0.800. The van der Waals surface area contributed by atoms with Gasteiger partial charge in [-0.25, -0.2) is 0 Å². The highest BCUT2D eigenvalue weighted by molar-refractivity contribution is 7.80. The van der Waals surface area contributed by atoms with E-state index in [-0.39, 0.29) is 22.4 Å². The second kappa shape index (κ2) is 4.90. The fourth-order valence-electron chi connectivity index (χ4n) is 1.67. The van der Waals surface area contributed by atoms with Crippen molar-refractivity contribution in [3.8, 4) is 0 Å². The van der Waals surface area contributed by atoms with Crippen LogP contribution in [0.5, 0.6) is 0 Å². The standard InChI is InChI=1S/C10H18N2O2S/c1-3-7(8(11)15)9(13)12-10(2)4-5-14-6-10/h7H,3-6H2,1-2H3,(H2,11,15)(H,12,13). The van der Waals surface area contributed by atoms with Crippen LogP contribution in [0.4, 0.5) is 0 Å². The SMILES string of the molecule is CCC(C(=O)NC1(C)CCOC1)C(N)=S.